The normalized spacial score (nSPS) is 10.1. The van der Waals surface area contributed by atoms with Crippen molar-refractivity contribution in [2.24, 2.45) is 0 Å². The Morgan fingerprint density at radius 3 is 2.56 bits per heavy atom. The molecule has 2 rings (SSSR count). The number of hydrogen-bond acceptors (Lipinski definition) is 3. The maximum Gasteiger partial charge on any atom is 0.335 e. The van der Waals surface area contributed by atoms with Gasteiger partial charge in [-0.1, -0.05) is 27.5 Å². The highest BCUT2D eigenvalue weighted by molar-refractivity contribution is 9.10. The van der Waals surface area contributed by atoms with Crippen LogP contribution in [0, 0.1) is 0 Å². The lowest BCUT2D eigenvalue weighted by atomic mass is 10.2. The van der Waals surface area contributed by atoms with Crippen molar-refractivity contribution in [2.75, 3.05) is 5.32 Å². The molecule has 2 N–H and O–H groups in total. The molecule has 0 aliphatic rings. The Balaban J connectivity index is 2.28. The van der Waals surface area contributed by atoms with Crippen molar-refractivity contribution in [3.05, 3.63) is 51.6 Å². The molecule has 1 aromatic heterocycles. The number of halogens is 2. The fraction of sp³-hybridized carbons (Fsp3) is 0. The van der Waals surface area contributed by atoms with Crippen LogP contribution in [-0.2, 0) is 0 Å². The molecule has 0 saturated heterocycles. The number of rotatable bonds is 3. The van der Waals surface area contributed by atoms with E-state index in [0.29, 0.717) is 5.82 Å². The van der Waals surface area contributed by atoms with Crippen molar-refractivity contribution in [3.63, 3.8) is 0 Å². The fourth-order valence-electron chi connectivity index (χ4n) is 1.37. The van der Waals surface area contributed by atoms with Crippen molar-refractivity contribution >= 4 is 45.0 Å². The van der Waals surface area contributed by atoms with E-state index in [0.717, 1.165) is 10.2 Å². The number of anilines is 2. The van der Waals surface area contributed by atoms with E-state index in [9.17, 15) is 4.79 Å². The highest BCUT2D eigenvalue weighted by atomic mass is 79.9. The average Bonchev–Trinajstić information content (AvgIpc) is 2.31. The SMILES string of the molecule is O=C(O)c1cc(Cl)nc(Nc2ccc(Br)cc2)c1. The number of benzene rings is 1. The number of pyridine rings is 1. The third-order valence-corrected chi connectivity index (χ3v) is 2.88. The molecule has 1 heterocycles. The van der Waals surface area contributed by atoms with Crippen molar-refractivity contribution in [2.45, 2.75) is 0 Å². The maximum atomic E-state index is 10.9. The van der Waals surface area contributed by atoms with Crippen LogP contribution in [0.15, 0.2) is 40.9 Å². The largest absolute Gasteiger partial charge is 0.478 e. The number of carboxylic acid groups (broad SMARTS) is 1. The number of carboxylic acids is 1. The van der Waals surface area contributed by atoms with Crippen LogP contribution in [0.3, 0.4) is 0 Å². The van der Waals surface area contributed by atoms with Gasteiger partial charge in [0.25, 0.3) is 0 Å². The molecule has 1 aromatic carbocycles. The van der Waals surface area contributed by atoms with Gasteiger partial charge in [-0.25, -0.2) is 9.78 Å². The molecule has 0 aliphatic heterocycles. The molecule has 6 heteroatoms. The predicted molar refractivity (Wildman–Crippen MR) is 73.6 cm³/mol. The average molecular weight is 328 g/mol. The van der Waals surface area contributed by atoms with Crippen molar-refractivity contribution in [1.29, 1.82) is 0 Å². The van der Waals surface area contributed by atoms with E-state index in [1.165, 1.54) is 12.1 Å². The fourth-order valence-corrected chi connectivity index (χ4v) is 1.84. The first-order valence-corrected chi connectivity index (χ1v) is 6.15. The van der Waals surface area contributed by atoms with Crippen LogP contribution < -0.4 is 5.32 Å². The second-order valence-corrected chi connectivity index (χ2v) is 4.80. The summed E-state index contributed by atoms with van der Waals surface area (Å²) in [6.45, 7) is 0. The predicted octanol–water partition coefficient (Wildman–Crippen LogP) is 3.94. The molecule has 2 aromatic rings. The first-order chi connectivity index (χ1) is 8.54. The summed E-state index contributed by atoms with van der Waals surface area (Å²) in [7, 11) is 0. The highest BCUT2D eigenvalue weighted by Crippen LogP contribution is 2.20. The molecule has 92 valence electrons. The molecule has 0 bridgehead atoms. The van der Waals surface area contributed by atoms with E-state index in [-0.39, 0.29) is 10.7 Å². The summed E-state index contributed by atoms with van der Waals surface area (Å²) in [5.74, 6) is -0.652. The van der Waals surface area contributed by atoms with Gasteiger partial charge in [-0.3, -0.25) is 0 Å². The monoisotopic (exact) mass is 326 g/mol. The minimum absolute atomic E-state index is 0.0922. The zero-order valence-corrected chi connectivity index (χ0v) is 11.4. The van der Waals surface area contributed by atoms with Crippen LogP contribution in [-0.4, -0.2) is 16.1 Å². The van der Waals surface area contributed by atoms with Crippen LogP contribution in [0.2, 0.25) is 5.15 Å². The van der Waals surface area contributed by atoms with E-state index in [1.54, 1.807) is 0 Å². The first kappa shape index (κ1) is 12.9. The topological polar surface area (TPSA) is 62.2 Å². The molecule has 0 saturated carbocycles. The van der Waals surface area contributed by atoms with E-state index in [1.807, 2.05) is 24.3 Å². The molecule has 0 aliphatic carbocycles. The van der Waals surface area contributed by atoms with Gasteiger partial charge in [0.1, 0.15) is 11.0 Å². The van der Waals surface area contributed by atoms with Gasteiger partial charge in [0.05, 0.1) is 5.56 Å². The van der Waals surface area contributed by atoms with E-state index >= 15 is 0 Å². The molecule has 0 unspecified atom stereocenters. The van der Waals surface area contributed by atoms with Crippen molar-refractivity contribution in [1.82, 2.24) is 4.98 Å². The summed E-state index contributed by atoms with van der Waals surface area (Å²) in [4.78, 5) is 14.9. The minimum atomic E-state index is -1.04. The van der Waals surface area contributed by atoms with Crippen LogP contribution >= 0.6 is 27.5 Å². The first-order valence-electron chi connectivity index (χ1n) is 4.98. The standard InChI is InChI=1S/C12H8BrClN2O2/c13-8-1-3-9(4-2-8)15-11-6-7(12(17)18)5-10(14)16-11/h1-6H,(H,15,16)(H,17,18). The summed E-state index contributed by atoms with van der Waals surface area (Å²) in [6.07, 6.45) is 0. The maximum absolute atomic E-state index is 10.9. The minimum Gasteiger partial charge on any atom is -0.478 e. The summed E-state index contributed by atoms with van der Waals surface area (Å²) in [6, 6.07) is 10.1. The quantitative estimate of drug-likeness (QED) is 0.838. The van der Waals surface area contributed by atoms with Crippen molar-refractivity contribution in [3.8, 4) is 0 Å². The molecule has 0 radical (unpaired) electrons. The summed E-state index contributed by atoms with van der Waals surface area (Å²) >= 11 is 9.09. The highest BCUT2D eigenvalue weighted by Gasteiger charge is 2.07. The van der Waals surface area contributed by atoms with Crippen LogP contribution in [0.5, 0.6) is 0 Å². The summed E-state index contributed by atoms with van der Waals surface area (Å²) in [5.41, 5.74) is 0.888. The number of aromatic carboxylic acids is 1. The zero-order valence-electron chi connectivity index (χ0n) is 9.02. The van der Waals surface area contributed by atoms with Gasteiger partial charge < -0.3 is 10.4 Å². The van der Waals surface area contributed by atoms with Gasteiger partial charge in [-0.2, -0.15) is 0 Å². The third kappa shape index (κ3) is 3.21. The second-order valence-electron chi connectivity index (χ2n) is 3.50. The Morgan fingerprint density at radius 2 is 1.94 bits per heavy atom. The number of nitrogens with one attached hydrogen (secondary N) is 1. The number of carbonyl (C=O) groups is 1. The van der Waals surface area contributed by atoms with E-state index in [4.69, 9.17) is 16.7 Å². The molecule has 0 fully saturated rings. The molecule has 4 nitrogen and oxygen atoms in total. The van der Waals surface area contributed by atoms with Gasteiger partial charge in [0.2, 0.25) is 0 Å². The van der Waals surface area contributed by atoms with Crippen LogP contribution in [0.25, 0.3) is 0 Å². The van der Waals surface area contributed by atoms with E-state index in [2.05, 4.69) is 26.2 Å². The Hall–Kier alpha value is -1.59. The smallest absolute Gasteiger partial charge is 0.335 e. The van der Waals surface area contributed by atoms with Crippen LogP contribution in [0.4, 0.5) is 11.5 Å². The summed E-state index contributed by atoms with van der Waals surface area (Å²) < 4.78 is 0.957. The van der Waals surface area contributed by atoms with Gasteiger partial charge in [0, 0.05) is 10.2 Å². The molecular formula is C12H8BrClN2O2. The lowest BCUT2D eigenvalue weighted by Gasteiger charge is -2.07. The summed E-state index contributed by atoms with van der Waals surface area (Å²) in [5, 5.41) is 12.0. The Bertz CT molecular complexity index is 587. The second kappa shape index (κ2) is 5.37. The Labute approximate surface area is 117 Å². The Kier molecular flexibility index (Phi) is 3.84. The van der Waals surface area contributed by atoms with Crippen molar-refractivity contribution < 1.29 is 9.90 Å². The van der Waals surface area contributed by atoms with Gasteiger partial charge in [0.15, 0.2) is 0 Å². The van der Waals surface area contributed by atoms with Crippen LogP contribution in [0.1, 0.15) is 10.4 Å². The lowest BCUT2D eigenvalue weighted by Crippen LogP contribution is -2.00. The number of hydrogen-bond donors (Lipinski definition) is 2. The van der Waals surface area contributed by atoms with Gasteiger partial charge in [-0.15, -0.1) is 0 Å². The molecule has 0 amide bonds. The third-order valence-electron chi connectivity index (χ3n) is 2.16. The Morgan fingerprint density at radius 1 is 1.28 bits per heavy atom. The molecule has 0 spiro atoms. The molecular weight excluding hydrogens is 320 g/mol. The van der Waals surface area contributed by atoms with Gasteiger partial charge >= 0.3 is 5.97 Å². The lowest BCUT2D eigenvalue weighted by molar-refractivity contribution is 0.0697. The molecule has 18 heavy (non-hydrogen) atoms. The zero-order chi connectivity index (χ0) is 13.1. The number of aromatic nitrogens is 1. The number of nitrogens with zero attached hydrogens (tertiary/aromatic N) is 1. The van der Waals surface area contributed by atoms with Gasteiger partial charge in [-0.05, 0) is 36.4 Å². The van der Waals surface area contributed by atoms with E-state index < -0.39 is 5.97 Å². The molecule has 0 atom stereocenters.